The van der Waals surface area contributed by atoms with Crippen LogP contribution in [-0.4, -0.2) is 11.7 Å². The zero-order chi connectivity index (χ0) is 20.8. The molecule has 150 valence electrons. The summed E-state index contributed by atoms with van der Waals surface area (Å²) >= 11 is 6.20. The zero-order valence-corrected chi connectivity index (χ0v) is 16.1. The van der Waals surface area contributed by atoms with Crippen molar-refractivity contribution in [1.29, 1.82) is 0 Å². The van der Waals surface area contributed by atoms with E-state index >= 15 is 0 Å². The fraction of sp³-hybridized carbons (Fsp3) is 0.273. The molecule has 1 aliphatic carbocycles. The third-order valence-corrected chi connectivity index (χ3v) is 5.71. The predicted octanol–water partition coefficient (Wildman–Crippen LogP) is 5.89. The van der Waals surface area contributed by atoms with Crippen LogP contribution in [0.1, 0.15) is 42.7 Å². The van der Waals surface area contributed by atoms with Crippen molar-refractivity contribution in [2.45, 2.75) is 37.8 Å². The summed E-state index contributed by atoms with van der Waals surface area (Å²) in [5, 5.41) is 0.0365. The number of Topliss-reactive ketones (excluding diaryl/α,β-unsaturated/α-hetero) is 1. The van der Waals surface area contributed by atoms with Gasteiger partial charge in [-0.1, -0.05) is 41.9 Å². The summed E-state index contributed by atoms with van der Waals surface area (Å²) in [7, 11) is 0. The number of ketones is 1. The number of amides is 1. The molecule has 1 heterocycles. The molecular weight excluding hydrogens is 403 g/mol. The lowest BCUT2D eigenvalue weighted by molar-refractivity contribution is -0.137. The van der Waals surface area contributed by atoms with Crippen LogP contribution in [0.5, 0.6) is 0 Å². The number of halogens is 4. The maximum Gasteiger partial charge on any atom is 0.416 e. The maximum atomic E-state index is 13.2. The number of hydrogen-bond acceptors (Lipinski definition) is 2. The van der Waals surface area contributed by atoms with Gasteiger partial charge in [0, 0.05) is 30.0 Å². The van der Waals surface area contributed by atoms with Crippen LogP contribution in [0.25, 0.3) is 0 Å². The first kappa shape index (κ1) is 19.7. The van der Waals surface area contributed by atoms with E-state index in [1.165, 1.54) is 4.90 Å². The Morgan fingerprint density at radius 3 is 2.41 bits per heavy atom. The third kappa shape index (κ3) is 3.57. The van der Waals surface area contributed by atoms with Gasteiger partial charge in [-0.05, 0) is 36.6 Å². The Morgan fingerprint density at radius 1 is 1.00 bits per heavy atom. The Labute approximate surface area is 170 Å². The van der Waals surface area contributed by atoms with Crippen LogP contribution in [0.4, 0.5) is 18.9 Å². The molecule has 0 radical (unpaired) electrons. The molecule has 0 bridgehead atoms. The van der Waals surface area contributed by atoms with Crippen LogP contribution in [0, 0.1) is 0 Å². The number of rotatable bonds is 2. The van der Waals surface area contributed by atoms with Gasteiger partial charge in [-0.2, -0.15) is 13.2 Å². The molecule has 0 N–H and O–H groups in total. The third-order valence-electron chi connectivity index (χ3n) is 5.39. The molecule has 1 aliphatic heterocycles. The second-order valence-corrected chi connectivity index (χ2v) is 7.60. The van der Waals surface area contributed by atoms with E-state index in [9.17, 15) is 22.8 Å². The second kappa shape index (κ2) is 7.34. The van der Waals surface area contributed by atoms with Crippen LogP contribution in [0.15, 0.2) is 59.8 Å². The Bertz CT molecular complexity index is 1010. The lowest BCUT2D eigenvalue weighted by Crippen LogP contribution is -2.40. The highest BCUT2D eigenvalue weighted by atomic mass is 35.5. The Morgan fingerprint density at radius 2 is 1.72 bits per heavy atom. The number of carbonyl (C=O) groups excluding carboxylic acids is 2. The highest BCUT2D eigenvalue weighted by Gasteiger charge is 2.41. The smallest absolute Gasteiger partial charge is 0.294 e. The first-order chi connectivity index (χ1) is 13.8. The van der Waals surface area contributed by atoms with Crippen LogP contribution in [0.2, 0.25) is 5.02 Å². The van der Waals surface area contributed by atoms with Crippen molar-refractivity contribution in [1.82, 2.24) is 0 Å². The molecule has 1 unspecified atom stereocenters. The second-order valence-electron chi connectivity index (χ2n) is 7.20. The summed E-state index contributed by atoms with van der Waals surface area (Å²) in [6, 6.07) is 12.1. The number of allylic oxidation sites excluding steroid dienone is 2. The molecule has 7 heteroatoms. The number of alkyl halides is 3. The fourth-order valence-corrected chi connectivity index (χ4v) is 4.30. The largest absolute Gasteiger partial charge is 0.416 e. The number of carbonyl (C=O) groups is 2. The van der Waals surface area contributed by atoms with Gasteiger partial charge in [0.05, 0.1) is 16.3 Å². The predicted molar refractivity (Wildman–Crippen MR) is 104 cm³/mol. The quantitative estimate of drug-likeness (QED) is 0.609. The van der Waals surface area contributed by atoms with Crippen molar-refractivity contribution in [2.75, 3.05) is 4.90 Å². The first-order valence-electron chi connectivity index (χ1n) is 9.28. The summed E-state index contributed by atoms with van der Waals surface area (Å²) in [6.07, 6.45) is -3.23. The van der Waals surface area contributed by atoms with Crippen molar-refractivity contribution >= 4 is 29.0 Å². The molecule has 0 saturated heterocycles. The monoisotopic (exact) mass is 419 g/mol. The van der Waals surface area contributed by atoms with Crippen LogP contribution < -0.4 is 4.90 Å². The standard InChI is InChI=1S/C22H17ClF3NO2/c23-16-10-9-14(22(24,25)26)11-18(16)27-17-7-4-8-19(28)21(17)15(12-20(27)29)13-5-2-1-3-6-13/h1-3,5-6,9-11,15H,4,7-8,12H2. The molecule has 3 nitrogen and oxygen atoms in total. The molecule has 1 atom stereocenters. The lowest BCUT2D eigenvalue weighted by atomic mass is 9.77. The van der Waals surface area contributed by atoms with Gasteiger partial charge in [0.2, 0.25) is 5.91 Å². The van der Waals surface area contributed by atoms with Gasteiger partial charge < -0.3 is 0 Å². The Balaban J connectivity index is 1.89. The van der Waals surface area contributed by atoms with E-state index in [1.807, 2.05) is 30.3 Å². The van der Waals surface area contributed by atoms with E-state index in [4.69, 9.17) is 11.6 Å². The molecule has 4 rings (SSSR count). The van der Waals surface area contributed by atoms with E-state index in [0.29, 0.717) is 30.5 Å². The number of hydrogen-bond donors (Lipinski definition) is 0. The number of benzene rings is 2. The van der Waals surface area contributed by atoms with E-state index in [2.05, 4.69) is 0 Å². The molecule has 0 spiro atoms. The Hall–Kier alpha value is -2.60. The topological polar surface area (TPSA) is 37.4 Å². The molecule has 2 aromatic rings. The SMILES string of the molecule is O=C1CCCC2=C1C(c1ccccc1)CC(=O)N2c1cc(C(F)(F)F)ccc1Cl. The Kier molecular flexibility index (Phi) is 4.99. The summed E-state index contributed by atoms with van der Waals surface area (Å²) in [5.41, 5.74) is 0.904. The van der Waals surface area contributed by atoms with Crippen molar-refractivity contribution in [3.63, 3.8) is 0 Å². The maximum absolute atomic E-state index is 13.2. The molecule has 2 aliphatic rings. The molecule has 2 aromatic carbocycles. The van der Waals surface area contributed by atoms with Gasteiger partial charge in [-0.15, -0.1) is 0 Å². The van der Waals surface area contributed by atoms with Gasteiger partial charge in [0.25, 0.3) is 0 Å². The number of anilines is 1. The highest BCUT2D eigenvalue weighted by molar-refractivity contribution is 6.34. The molecule has 0 fully saturated rings. The van der Waals surface area contributed by atoms with Gasteiger partial charge >= 0.3 is 6.18 Å². The zero-order valence-electron chi connectivity index (χ0n) is 15.3. The summed E-state index contributed by atoms with van der Waals surface area (Å²) in [5.74, 6) is -0.832. The lowest BCUT2D eigenvalue weighted by Gasteiger charge is -2.38. The van der Waals surface area contributed by atoms with Crippen LogP contribution >= 0.6 is 11.6 Å². The van der Waals surface area contributed by atoms with Crippen molar-refractivity contribution in [3.8, 4) is 0 Å². The van der Waals surface area contributed by atoms with Gasteiger partial charge in [-0.25, -0.2) is 0 Å². The van der Waals surface area contributed by atoms with Gasteiger partial charge in [-0.3, -0.25) is 14.5 Å². The minimum atomic E-state index is -4.57. The minimum Gasteiger partial charge on any atom is -0.294 e. The van der Waals surface area contributed by atoms with E-state index in [-0.39, 0.29) is 28.8 Å². The summed E-state index contributed by atoms with van der Waals surface area (Å²) < 4.78 is 39.7. The summed E-state index contributed by atoms with van der Waals surface area (Å²) in [4.78, 5) is 27.1. The van der Waals surface area contributed by atoms with E-state index < -0.39 is 17.7 Å². The molecule has 1 amide bonds. The molecule has 0 aromatic heterocycles. The molecule has 0 saturated carbocycles. The summed E-state index contributed by atoms with van der Waals surface area (Å²) in [6.45, 7) is 0. The fourth-order valence-electron chi connectivity index (χ4n) is 4.10. The average molecular weight is 420 g/mol. The first-order valence-corrected chi connectivity index (χ1v) is 9.66. The van der Waals surface area contributed by atoms with Crippen molar-refractivity contribution in [3.05, 3.63) is 76.0 Å². The average Bonchev–Trinajstić information content (AvgIpc) is 2.68. The van der Waals surface area contributed by atoms with Gasteiger partial charge in [0.1, 0.15) is 0 Å². The van der Waals surface area contributed by atoms with E-state index in [0.717, 1.165) is 23.8 Å². The number of nitrogens with zero attached hydrogens (tertiary/aromatic N) is 1. The van der Waals surface area contributed by atoms with Crippen molar-refractivity contribution < 1.29 is 22.8 Å². The van der Waals surface area contributed by atoms with Crippen LogP contribution in [-0.2, 0) is 15.8 Å². The molecular formula is C22H17ClF3NO2. The highest BCUT2D eigenvalue weighted by Crippen LogP contribution is 2.45. The van der Waals surface area contributed by atoms with Crippen molar-refractivity contribution in [2.24, 2.45) is 0 Å². The van der Waals surface area contributed by atoms with Gasteiger partial charge in [0.15, 0.2) is 5.78 Å². The minimum absolute atomic E-state index is 0.00115. The molecule has 29 heavy (non-hydrogen) atoms. The normalized spacial score (nSPS) is 20.1. The van der Waals surface area contributed by atoms with Crippen LogP contribution in [0.3, 0.4) is 0 Å². The van der Waals surface area contributed by atoms with E-state index in [1.54, 1.807) is 0 Å².